The summed E-state index contributed by atoms with van der Waals surface area (Å²) in [6.07, 6.45) is -0.896. The van der Waals surface area contributed by atoms with Crippen LogP contribution in [-0.4, -0.2) is 65.4 Å². The molecule has 2 atom stereocenters. The summed E-state index contributed by atoms with van der Waals surface area (Å²) in [4.78, 5) is 0. The van der Waals surface area contributed by atoms with E-state index in [1.165, 1.54) is 0 Å². The van der Waals surface area contributed by atoms with E-state index in [4.69, 9.17) is 19.7 Å². The SMILES string of the molecule is CCC(O)C(O)CCC(OCCO)OCCO. The molecule has 104 valence electrons. The summed E-state index contributed by atoms with van der Waals surface area (Å²) in [6, 6.07) is 0. The fourth-order valence-corrected chi connectivity index (χ4v) is 1.35. The predicted molar refractivity (Wildman–Crippen MR) is 61.4 cm³/mol. The van der Waals surface area contributed by atoms with Crippen LogP contribution in [0.2, 0.25) is 0 Å². The number of aliphatic hydroxyl groups is 4. The highest BCUT2D eigenvalue weighted by Crippen LogP contribution is 2.11. The lowest BCUT2D eigenvalue weighted by Gasteiger charge is -2.21. The van der Waals surface area contributed by atoms with Crippen molar-refractivity contribution in [1.82, 2.24) is 0 Å². The third-order valence-electron chi connectivity index (χ3n) is 2.35. The minimum Gasteiger partial charge on any atom is -0.394 e. The van der Waals surface area contributed by atoms with Crippen molar-refractivity contribution in [2.24, 2.45) is 0 Å². The van der Waals surface area contributed by atoms with Crippen LogP contribution in [0.5, 0.6) is 0 Å². The summed E-state index contributed by atoms with van der Waals surface area (Å²) < 4.78 is 10.4. The molecule has 0 aromatic heterocycles. The molecule has 0 radical (unpaired) electrons. The zero-order valence-corrected chi connectivity index (χ0v) is 10.3. The molecule has 0 amide bonds. The number of ether oxygens (including phenoxy) is 2. The molecule has 2 unspecified atom stereocenters. The molecule has 4 N–H and O–H groups in total. The van der Waals surface area contributed by atoms with E-state index >= 15 is 0 Å². The van der Waals surface area contributed by atoms with Crippen molar-refractivity contribution in [3.05, 3.63) is 0 Å². The minimum absolute atomic E-state index is 0.112. The number of aliphatic hydroxyl groups excluding tert-OH is 4. The molecule has 17 heavy (non-hydrogen) atoms. The first-order valence-electron chi connectivity index (χ1n) is 5.96. The fourth-order valence-electron chi connectivity index (χ4n) is 1.35. The molecule has 0 spiro atoms. The normalized spacial score (nSPS) is 15.2. The van der Waals surface area contributed by atoms with Crippen LogP contribution in [0.3, 0.4) is 0 Å². The third kappa shape index (κ3) is 8.48. The van der Waals surface area contributed by atoms with E-state index in [2.05, 4.69) is 0 Å². The molecule has 0 aliphatic carbocycles. The van der Waals surface area contributed by atoms with Gasteiger partial charge in [-0.2, -0.15) is 0 Å². The van der Waals surface area contributed by atoms with Crippen molar-refractivity contribution >= 4 is 0 Å². The quantitative estimate of drug-likeness (QED) is 0.361. The number of hydrogen-bond donors (Lipinski definition) is 4. The van der Waals surface area contributed by atoms with Crippen molar-refractivity contribution in [2.75, 3.05) is 26.4 Å². The lowest BCUT2D eigenvalue weighted by atomic mass is 10.1. The Bertz CT molecular complexity index is 158. The second kappa shape index (κ2) is 10.9. The van der Waals surface area contributed by atoms with Gasteiger partial charge in [0.2, 0.25) is 0 Å². The largest absolute Gasteiger partial charge is 0.394 e. The van der Waals surface area contributed by atoms with Crippen LogP contribution in [0, 0.1) is 0 Å². The van der Waals surface area contributed by atoms with Crippen LogP contribution in [0.1, 0.15) is 26.2 Å². The number of rotatable bonds is 11. The van der Waals surface area contributed by atoms with Gasteiger partial charge < -0.3 is 29.9 Å². The van der Waals surface area contributed by atoms with E-state index in [-0.39, 0.29) is 26.4 Å². The first kappa shape index (κ1) is 16.8. The van der Waals surface area contributed by atoms with E-state index in [0.717, 1.165) is 0 Å². The molecule has 0 aliphatic rings. The van der Waals surface area contributed by atoms with E-state index in [1.54, 1.807) is 6.92 Å². The van der Waals surface area contributed by atoms with E-state index in [0.29, 0.717) is 19.3 Å². The average molecular weight is 252 g/mol. The minimum atomic E-state index is -0.807. The average Bonchev–Trinajstić information content (AvgIpc) is 2.36. The Balaban J connectivity index is 3.87. The number of hydrogen-bond acceptors (Lipinski definition) is 6. The maximum atomic E-state index is 9.56. The van der Waals surface area contributed by atoms with Crippen molar-refractivity contribution in [1.29, 1.82) is 0 Å². The predicted octanol–water partition coefficient (Wildman–Crippen LogP) is -0.758. The third-order valence-corrected chi connectivity index (χ3v) is 2.35. The molecule has 0 aromatic rings. The molecule has 0 bridgehead atoms. The Morgan fingerprint density at radius 2 is 1.41 bits per heavy atom. The van der Waals surface area contributed by atoms with E-state index in [9.17, 15) is 10.2 Å². The van der Waals surface area contributed by atoms with Gasteiger partial charge >= 0.3 is 0 Å². The van der Waals surface area contributed by atoms with Crippen LogP contribution >= 0.6 is 0 Å². The summed E-state index contributed by atoms with van der Waals surface area (Å²) in [5, 5.41) is 36.2. The Hall–Kier alpha value is -0.240. The first-order valence-corrected chi connectivity index (χ1v) is 5.96. The molecule has 0 heterocycles. The van der Waals surface area contributed by atoms with Crippen LogP contribution in [0.15, 0.2) is 0 Å². The molecular formula is C11H24O6. The summed E-state index contributed by atoms with van der Waals surface area (Å²) in [7, 11) is 0. The Morgan fingerprint density at radius 1 is 0.882 bits per heavy atom. The molecule has 0 rings (SSSR count). The smallest absolute Gasteiger partial charge is 0.157 e. The van der Waals surface area contributed by atoms with Crippen molar-refractivity contribution in [2.45, 2.75) is 44.7 Å². The van der Waals surface area contributed by atoms with Gasteiger partial charge in [-0.3, -0.25) is 0 Å². The Morgan fingerprint density at radius 3 is 1.82 bits per heavy atom. The highest BCUT2D eigenvalue weighted by Gasteiger charge is 2.17. The molecule has 0 aromatic carbocycles. The van der Waals surface area contributed by atoms with Crippen LogP contribution < -0.4 is 0 Å². The van der Waals surface area contributed by atoms with Gasteiger partial charge in [0.25, 0.3) is 0 Å². The van der Waals surface area contributed by atoms with Crippen molar-refractivity contribution in [3.63, 3.8) is 0 Å². The molecule has 0 aliphatic heterocycles. The lowest BCUT2D eigenvalue weighted by molar-refractivity contribution is -0.160. The van der Waals surface area contributed by atoms with Gasteiger partial charge in [0, 0.05) is 6.42 Å². The first-order chi connectivity index (χ1) is 8.15. The van der Waals surface area contributed by atoms with Crippen LogP contribution in [0.25, 0.3) is 0 Å². The Labute approximate surface area is 102 Å². The summed E-state index contributed by atoms with van der Waals surface area (Å²) in [5.74, 6) is 0. The van der Waals surface area contributed by atoms with Crippen molar-refractivity contribution < 1.29 is 29.9 Å². The van der Waals surface area contributed by atoms with Gasteiger partial charge in [-0.15, -0.1) is 0 Å². The van der Waals surface area contributed by atoms with Crippen molar-refractivity contribution in [3.8, 4) is 0 Å². The standard InChI is InChI=1S/C11H24O6/c1-2-9(14)10(15)3-4-11(16-7-5-12)17-8-6-13/h9-15H,2-8H2,1H3. The van der Waals surface area contributed by atoms with E-state index < -0.39 is 18.5 Å². The molecule has 0 saturated carbocycles. The van der Waals surface area contributed by atoms with Gasteiger partial charge in [0.05, 0.1) is 38.6 Å². The van der Waals surface area contributed by atoms with Gasteiger partial charge in [-0.1, -0.05) is 6.92 Å². The zero-order chi connectivity index (χ0) is 13.1. The summed E-state index contributed by atoms with van der Waals surface area (Å²) in [5.41, 5.74) is 0. The van der Waals surface area contributed by atoms with Crippen LogP contribution in [0.4, 0.5) is 0 Å². The molecule has 6 heteroatoms. The maximum Gasteiger partial charge on any atom is 0.157 e. The fraction of sp³-hybridized carbons (Fsp3) is 1.00. The highest BCUT2D eigenvalue weighted by atomic mass is 16.7. The summed E-state index contributed by atoms with van der Waals surface area (Å²) >= 11 is 0. The van der Waals surface area contributed by atoms with Gasteiger partial charge in [0.1, 0.15) is 0 Å². The van der Waals surface area contributed by atoms with Crippen LogP contribution in [-0.2, 0) is 9.47 Å². The highest BCUT2D eigenvalue weighted by molar-refractivity contribution is 4.66. The second-order valence-corrected chi connectivity index (χ2v) is 3.74. The topological polar surface area (TPSA) is 99.4 Å². The maximum absolute atomic E-state index is 9.56. The van der Waals surface area contributed by atoms with Gasteiger partial charge in [-0.25, -0.2) is 0 Å². The molecule has 0 fully saturated rings. The summed E-state index contributed by atoms with van der Waals surface area (Å²) in [6.45, 7) is 1.85. The molecule has 0 saturated heterocycles. The van der Waals surface area contributed by atoms with Gasteiger partial charge in [0.15, 0.2) is 6.29 Å². The van der Waals surface area contributed by atoms with E-state index in [1.807, 2.05) is 0 Å². The molecule has 6 nitrogen and oxygen atoms in total. The molecular weight excluding hydrogens is 228 g/mol. The second-order valence-electron chi connectivity index (χ2n) is 3.74. The van der Waals surface area contributed by atoms with Gasteiger partial charge in [-0.05, 0) is 12.8 Å². The monoisotopic (exact) mass is 252 g/mol. The lowest BCUT2D eigenvalue weighted by Crippen LogP contribution is -2.28. The Kier molecular flexibility index (Phi) is 10.7. The zero-order valence-electron chi connectivity index (χ0n) is 10.3.